The summed E-state index contributed by atoms with van der Waals surface area (Å²) in [6.07, 6.45) is 1.85. The van der Waals surface area contributed by atoms with Crippen LogP contribution in [0.5, 0.6) is 5.75 Å². The lowest BCUT2D eigenvalue weighted by molar-refractivity contribution is 0.477. The topological polar surface area (TPSA) is 45.2 Å². The van der Waals surface area contributed by atoms with Gasteiger partial charge >= 0.3 is 0 Å². The van der Waals surface area contributed by atoms with E-state index >= 15 is 0 Å². The van der Waals surface area contributed by atoms with Gasteiger partial charge in [0.15, 0.2) is 0 Å². The van der Waals surface area contributed by atoms with Crippen molar-refractivity contribution in [3.63, 3.8) is 0 Å². The Morgan fingerprint density at radius 3 is 2.81 bits per heavy atom. The van der Waals surface area contributed by atoms with Crippen molar-refractivity contribution < 1.29 is 5.11 Å². The summed E-state index contributed by atoms with van der Waals surface area (Å²) in [5.41, 5.74) is 0.794. The van der Waals surface area contributed by atoms with E-state index in [1.165, 1.54) is 4.88 Å². The number of para-hydroxylation sites is 1. The Balaban J connectivity index is 2.35. The smallest absolute Gasteiger partial charge is 0.127 e. The Morgan fingerprint density at radius 2 is 2.12 bits per heavy atom. The van der Waals surface area contributed by atoms with Crippen molar-refractivity contribution in [1.29, 1.82) is 0 Å². The lowest BCUT2D eigenvalue weighted by Gasteiger charge is -2.05. The third-order valence-electron chi connectivity index (χ3n) is 2.52. The number of hydrogen-bond donors (Lipinski definition) is 2. The molecule has 0 aliphatic heterocycles. The Kier molecular flexibility index (Phi) is 3.22. The van der Waals surface area contributed by atoms with Crippen LogP contribution in [0.15, 0.2) is 30.5 Å². The summed E-state index contributed by atoms with van der Waals surface area (Å²) in [5.74, 6) is 0.278. The first-order valence-electron chi connectivity index (χ1n) is 5.13. The lowest BCUT2D eigenvalue weighted by atomic mass is 10.2. The highest BCUT2D eigenvalue weighted by atomic mass is 32.1. The summed E-state index contributed by atoms with van der Waals surface area (Å²) in [5, 5.41) is 13.7. The first-order chi connectivity index (χ1) is 7.72. The van der Waals surface area contributed by atoms with E-state index in [9.17, 15) is 5.11 Å². The van der Waals surface area contributed by atoms with Gasteiger partial charge in [-0.05, 0) is 26.1 Å². The Hall–Kier alpha value is -1.39. The van der Waals surface area contributed by atoms with Gasteiger partial charge in [-0.25, -0.2) is 4.98 Å². The summed E-state index contributed by atoms with van der Waals surface area (Å²) < 4.78 is 0. The molecule has 4 heteroatoms. The number of phenols is 1. The summed E-state index contributed by atoms with van der Waals surface area (Å²) in [7, 11) is 1.92. The van der Waals surface area contributed by atoms with Crippen LogP contribution in [0.3, 0.4) is 0 Å². The van der Waals surface area contributed by atoms with Crippen LogP contribution in [0.4, 0.5) is 0 Å². The number of phenolic OH excluding ortho intramolecular Hbond substituents is 1. The van der Waals surface area contributed by atoms with E-state index in [2.05, 4.69) is 17.2 Å². The van der Waals surface area contributed by atoms with Crippen LogP contribution in [-0.2, 0) is 0 Å². The quantitative estimate of drug-likeness (QED) is 0.858. The van der Waals surface area contributed by atoms with E-state index in [1.807, 2.05) is 31.4 Å². The third kappa shape index (κ3) is 2.08. The molecule has 0 fully saturated rings. The number of aromatic hydroxyl groups is 1. The zero-order chi connectivity index (χ0) is 11.5. The normalized spacial score (nSPS) is 12.6. The van der Waals surface area contributed by atoms with Crippen LogP contribution in [0.2, 0.25) is 0 Å². The van der Waals surface area contributed by atoms with Crippen molar-refractivity contribution in [2.75, 3.05) is 7.05 Å². The Bertz CT molecular complexity index is 481. The third-order valence-corrected chi connectivity index (χ3v) is 3.73. The molecule has 0 radical (unpaired) electrons. The number of rotatable bonds is 3. The van der Waals surface area contributed by atoms with Gasteiger partial charge in [0, 0.05) is 17.1 Å². The van der Waals surface area contributed by atoms with Crippen LogP contribution in [0.25, 0.3) is 10.6 Å². The molecule has 3 nitrogen and oxygen atoms in total. The molecule has 0 saturated carbocycles. The predicted molar refractivity (Wildman–Crippen MR) is 66.7 cm³/mol. The SMILES string of the molecule is CNC(C)c1cnc(-c2ccccc2O)s1. The number of nitrogens with zero attached hydrogens (tertiary/aromatic N) is 1. The summed E-state index contributed by atoms with van der Waals surface area (Å²) in [4.78, 5) is 5.50. The van der Waals surface area contributed by atoms with Gasteiger partial charge < -0.3 is 10.4 Å². The first-order valence-corrected chi connectivity index (χ1v) is 5.95. The highest BCUT2D eigenvalue weighted by Crippen LogP contribution is 2.33. The standard InChI is InChI=1S/C12H14N2OS/c1-8(13-2)11-7-14-12(16-11)9-5-3-4-6-10(9)15/h3-8,13,15H,1-2H3. The minimum absolute atomic E-state index is 0.278. The summed E-state index contributed by atoms with van der Waals surface area (Å²) >= 11 is 1.60. The average molecular weight is 234 g/mol. The monoisotopic (exact) mass is 234 g/mol. The second kappa shape index (κ2) is 4.63. The van der Waals surface area contributed by atoms with Crippen molar-refractivity contribution in [1.82, 2.24) is 10.3 Å². The van der Waals surface area contributed by atoms with Crippen molar-refractivity contribution in [2.24, 2.45) is 0 Å². The molecule has 2 aromatic rings. The molecule has 0 aliphatic carbocycles. The molecule has 84 valence electrons. The van der Waals surface area contributed by atoms with Crippen molar-refractivity contribution in [3.05, 3.63) is 35.3 Å². The summed E-state index contributed by atoms with van der Waals surface area (Å²) in [6.45, 7) is 2.09. The fourth-order valence-corrected chi connectivity index (χ4v) is 2.42. The van der Waals surface area contributed by atoms with Gasteiger partial charge in [0.2, 0.25) is 0 Å². The van der Waals surface area contributed by atoms with Gasteiger partial charge in [0.1, 0.15) is 10.8 Å². The molecule has 2 rings (SSSR count). The van der Waals surface area contributed by atoms with E-state index in [0.29, 0.717) is 0 Å². The van der Waals surface area contributed by atoms with Gasteiger partial charge in [0.05, 0.1) is 5.56 Å². The largest absolute Gasteiger partial charge is 0.507 e. The van der Waals surface area contributed by atoms with Gasteiger partial charge in [-0.2, -0.15) is 0 Å². The van der Waals surface area contributed by atoms with Crippen molar-refractivity contribution in [2.45, 2.75) is 13.0 Å². The molecule has 0 bridgehead atoms. The van der Waals surface area contributed by atoms with Gasteiger partial charge in [0.25, 0.3) is 0 Å². The second-order valence-electron chi connectivity index (χ2n) is 3.60. The maximum absolute atomic E-state index is 9.72. The molecule has 1 atom stereocenters. The molecule has 0 aliphatic rings. The zero-order valence-corrected chi connectivity index (χ0v) is 10.1. The van der Waals surface area contributed by atoms with E-state index < -0.39 is 0 Å². The Morgan fingerprint density at radius 1 is 1.38 bits per heavy atom. The molecule has 2 N–H and O–H groups in total. The van der Waals surface area contributed by atoms with Gasteiger partial charge in [-0.3, -0.25) is 0 Å². The molecule has 1 aromatic heterocycles. The highest BCUT2D eigenvalue weighted by molar-refractivity contribution is 7.15. The minimum Gasteiger partial charge on any atom is -0.507 e. The molecule has 1 heterocycles. The molecule has 0 saturated heterocycles. The predicted octanol–water partition coefficient (Wildman–Crippen LogP) is 2.80. The fraction of sp³-hybridized carbons (Fsp3) is 0.250. The minimum atomic E-state index is 0.278. The summed E-state index contributed by atoms with van der Waals surface area (Å²) in [6, 6.07) is 7.55. The van der Waals surface area contributed by atoms with E-state index in [4.69, 9.17) is 0 Å². The van der Waals surface area contributed by atoms with Crippen molar-refractivity contribution in [3.8, 4) is 16.3 Å². The first kappa shape index (κ1) is 11.1. The molecule has 16 heavy (non-hydrogen) atoms. The number of aromatic nitrogens is 1. The zero-order valence-electron chi connectivity index (χ0n) is 9.27. The van der Waals surface area contributed by atoms with E-state index in [1.54, 1.807) is 17.4 Å². The molecule has 0 spiro atoms. The fourth-order valence-electron chi connectivity index (χ4n) is 1.41. The lowest BCUT2D eigenvalue weighted by Crippen LogP contribution is -2.10. The van der Waals surface area contributed by atoms with Crippen LogP contribution >= 0.6 is 11.3 Å². The Labute approximate surface area is 98.8 Å². The molecular weight excluding hydrogens is 220 g/mol. The van der Waals surface area contributed by atoms with Gasteiger partial charge in [-0.1, -0.05) is 12.1 Å². The average Bonchev–Trinajstić information content (AvgIpc) is 2.78. The molecule has 0 amide bonds. The number of benzene rings is 1. The van der Waals surface area contributed by atoms with Crippen LogP contribution in [0.1, 0.15) is 17.8 Å². The second-order valence-corrected chi connectivity index (χ2v) is 4.66. The van der Waals surface area contributed by atoms with Crippen LogP contribution in [-0.4, -0.2) is 17.1 Å². The van der Waals surface area contributed by atoms with Crippen LogP contribution < -0.4 is 5.32 Å². The number of nitrogens with one attached hydrogen (secondary N) is 1. The molecule has 1 unspecified atom stereocenters. The molecule has 1 aromatic carbocycles. The number of hydrogen-bond acceptors (Lipinski definition) is 4. The van der Waals surface area contributed by atoms with Gasteiger partial charge in [-0.15, -0.1) is 11.3 Å². The van der Waals surface area contributed by atoms with E-state index in [0.717, 1.165) is 10.6 Å². The maximum atomic E-state index is 9.72. The molecular formula is C12H14N2OS. The van der Waals surface area contributed by atoms with Crippen LogP contribution in [0, 0.1) is 0 Å². The number of thiazole rings is 1. The van der Waals surface area contributed by atoms with Crippen molar-refractivity contribution >= 4 is 11.3 Å². The van der Waals surface area contributed by atoms with E-state index in [-0.39, 0.29) is 11.8 Å². The highest BCUT2D eigenvalue weighted by Gasteiger charge is 2.11. The maximum Gasteiger partial charge on any atom is 0.127 e.